The number of carbonyl (C=O) groups excluding carboxylic acids is 1. The standard InChI is InChI=1S/C13H22N2O5/c1-19-9-6-10(11(16)17)15(7-9)12(18)13(8-14)2-4-20-5-3-13/h9-10H,2-8,14H2,1H3,(H,16,17). The van der Waals surface area contributed by atoms with Gasteiger partial charge in [-0.15, -0.1) is 0 Å². The van der Waals surface area contributed by atoms with Gasteiger partial charge in [0.25, 0.3) is 0 Å². The summed E-state index contributed by atoms with van der Waals surface area (Å²) in [5.41, 5.74) is 5.13. The molecule has 7 heteroatoms. The third kappa shape index (κ3) is 2.65. The molecule has 0 radical (unpaired) electrons. The normalized spacial score (nSPS) is 29.4. The summed E-state index contributed by atoms with van der Waals surface area (Å²) in [5, 5.41) is 9.30. The number of likely N-dealkylation sites (tertiary alicyclic amines) is 1. The fraction of sp³-hybridized carbons (Fsp3) is 0.846. The summed E-state index contributed by atoms with van der Waals surface area (Å²) in [5.74, 6) is -1.16. The van der Waals surface area contributed by atoms with Gasteiger partial charge in [0.15, 0.2) is 0 Å². The molecule has 2 rings (SSSR count). The summed E-state index contributed by atoms with van der Waals surface area (Å²) < 4.78 is 10.5. The predicted molar refractivity (Wildman–Crippen MR) is 70.1 cm³/mol. The van der Waals surface area contributed by atoms with Crippen LogP contribution < -0.4 is 5.73 Å². The van der Waals surface area contributed by atoms with Crippen LogP contribution in [-0.4, -0.2) is 67.4 Å². The van der Waals surface area contributed by atoms with Crippen LogP contribution in [0, 0.1) is 5.41 Å². The molecule has 3 N–H and O–H groups in total. The number of methoxy groups -OCH3 is 1. The summed E-state index contributed by atoms with van der Waals surface area (Å²) in [7, 11) is 1.53. The monoisotopic (exact) mass is 286 g/mol. The number of nitrogens with zero attached hydrogens (tertiary/aromatic N) is 1. The Hall–Kier alpha value is -1.18. The summed E-state index contributed by atoms with van der Waals surface area (Å²) in [6, 6.07) is -0.821. The number of carbonyl (C=O) groups is 2. The molecule has 2 heterocycles. The lowest BCUT2D eigenvalue weighted by atomic mass is 9.78. The first-order valence-corrected chi connectivity index (χ1v) is 6.88. The molecular formula is C13H22N2O5. The number of carboxylic acids is 1. The lowest BCUT2D eigenvalue weighted by Gasteiger charge is -2.38. The summed E-state index contributed by atoms with van der Waals surface area (Å²) in [6.07, 6.45) is 1.19. The number of hydrogen-bond acceptors (Lipinski definition) is 5. The Balaban J connectivity index is 2.19. The van der Waals surface area contributed by atoms with Crippen molar-refractivity contribution in [2.24, 2.45) is 11.1 Å². The van der Waals surface area contributed by atoms with Crippen LogP contribution in [0.2, 0.25) is 0 Å². The topological polar surface area (TPSA) is 102 Å². The summed E-state index contributed by atoms with van der Waals surface area (Å²) in [4.78, 5) is 25.6. The van der Waals surface area contributed by atoms with E-state index in [1.807, 2.05) is 0 Å². The molecule has 0 aromatic heterocycles. The van der Waals surface area contributed by atoms with E-state index >= 15 is 0 Å². The highest BCUT2D eigenvalue weighted by Crippen LogP contribution is 2.34. The lowest BCUT2D eigenvalue weighted by molar-refractivity contribution is -0.156. The van der Waals surface area contributed by atoms with Gasteiger partial charge in [-0.2, -0.15) is 0 Å². The van der Waals surface area contributed by atoms with Gasteiger partial charge < -0.3 is 25.2 Å². The van der Waals surface area contributed by atoms with E-state index in [1.165, 1.54) is 12.0 Å². The zero-order chi connectivity index (χ0) is 14.8. The van der Waals surface area contributed by atoms with Crippen molar-refractivity contribution in [3.8, 4) is 0 Å². The average Bonchev–Trinajstić information content (AvgIpc) is 2.91. The van der Waals surface area contributed by atoms with Crippen LogP contribution in [-0.2, 0) is 19.1 Å². The summed E-state index contributed by atoms with van der Waals surface area (Å²) in [6.45, 7) is 1.51. The van der Waals surface area contributed by atoms with Gasteiger partial charge >= 0.3 is 5.97 Å². The highest BCUT2D eigenvalue weighted by molar-refractivity contribution is 5.88. The van der Waals surface area contributed by atoms with E-state index < -0.39 is 17.4 Å². The Labute approximate surface area is 118 Å². The van der Waals surface area contributed by atoms with Gasteiger partial charge in [-0.3, -0.25) is 4.79 Å². The number of rotatable bonds is 4. The van der Waals surface area contributed by atoms with Crippen LogP contribution >= 0.6 is 0 Å². The third-order valence-electron chi connectivity index (χ3n) is 4.44. The SMILES string of the molecule is COC1CC(C(=O)O)N(C(=O)C2(CN)CCOCC2)C1. The maximum atomic E-state index is 12.8. The van der Waals surface area contributed by atoms with E-state index in [-0.39, 0.29) is 18.6 Å². The Morgan fingerprint density at radius 3 is 2.60 bits per heavy atom. The Morgan fingerprint density at radius 1 is 1.45 bits per heavy atom. The van der Waals surface area contributed by atoms with Crippen LogP contribution in [0.1, 0.15) is 19.3 Å². The minimum Gasteiger partial charge on any atom is -0.480 e. The number of hydrogen-bond donors (Lipinski definition) is 2. The summed E-state index contributed by atoms with van der Waals surface area (Å²) >= 11 is 0. The predicted octanol–water partition coefficient (Wildman–Crippen LogP) is -0.558. The van der Waals surface area contributed by atoms with Gasteiger partial charge in [0.1, 0.15) is 6.04 Å². The zero-order valence-electron chi connectivity index (χ0n) is 11.7. The first kappa shape index (κ1) is 15.2. The van der Waals surface area contributed by atoms with Crippen molar-refractivity contribution in [3.05, 3.63) is 0 Å². The molecule has 1 amide bonds. The van der Waals surface area contributed by atoms with E-state index in [1.54, 1.807) is 0 Å². The van der Waals surface area contributed by atoms with Gasteiger partial charge in [0.2, 0.25) is 5.91 Å². The zero-order valence-corrected chi connectivity index (χ0v) is 11.7. The highest BCUT2D eigenvalue weighted by Gasteiger charge is 2.48. The molecule has 0 aromatic rings. The molecule has 2 unspecified atom stereocenters. The molecule has 0 aliphatic carbocycles. The van der Waals surface area contributed by atoms with E-state index in [0.717, 1.165) is 0 Å². The Kier molecular flexibility index (Phi) is 4.62. The van der Waals surface area contributed by atoms with Gasteiger partial charge in [0.05, 0.1) is 11.5 Å². The van der Waals surface area contributed by atoms with Crippen molar-refractivity contribution >= 4 is 11.9 Å². The van der Waals surface area contributed by atoms with Gasteiger partial charge in [-0.25, -0.2) is 4.79 Å². The number of ether oxygens (including phenoxy) is 2. The van der Waals surface area contributed by atoms with Crippen molar-refractivity contribution in [3.63, 3.8) is 0 Å². The van der Waals surface area contributed by atoms with Crippen LogP contribution in [0.5, 0.6) is 0 Å². The molecule has 2 atom stereocenters. The van der Waals surface area contributed by atoms with Gasteiger partial charge in [0, 0.05) is 39.8 Å². The molecule has 2 fully saturated rings. The quantitative estimate of drug-likeness (QED) is 0.718. The molecule has 0 bridgehead atoms. The van der Waals surface area contributed by atoms with Crippen molar-refractivity contribution in [1.82, 2.24) is 4.90 Å². The minimum absolute atomic E-state index is 0.171. The van der Waals surface area contributed by atoms with Crippen molar-refractivity contribution in [1.29, 1.82) is 0 Å². The maximum absolute atomic E-state index is 12.8. The Morgan fingerprint density at radius 2 is 2.10 bits per heavy atom. The molecule has 7 nitrogen and oxygen atoms in total. The lowest BCUT2D eigenvalue weighted by Crippen LogP contribution is -2.53. The first-order valence-electron chi connectivity index (χ1n) is 6.88. The van der Waals surface area contributed by atoms with Crippen molar-refractivity contribution in [2.75, 3.05) is 33.4 Å². The van der Waals surface area contributed by atoms with Crippen LogP contribution in [0.4, 0.5) is 0 Å². The first-order chi connectivity index (χ1) is 9.54. The largest absolute Gasteiger partial charge is 0.480 e. The van der Waals surface area contributed by atoms with E-state index in [4.69, 9.17) is 15.2 Å². The van der Waals surface area contributed by atoms with Crippen molar-refractivity contribution < 1.29 is 24.2 Å². The van der Waals surface area contributed by atoms with Crippen molar-refractivity contribution in [2.45, 2.75) is 31.4 Å². The molecule has 20 heavy (non-hydrogen) atoms. The average molecular weight is 286 g/mol. The molecule has 2 aliphatic heterocycles. The minimum atomic E-state index is -0.989. The van der Waals surface area contributed by atoms with E-state index in [0.29, 0.717) is 39.0 Å². The molecule has 2 aliphatic rings. The van der Waals surface area contributed by atoms with E-state index in [2.05, 4.69) is 0 Å². The second kappa shape index (κ2) is 6.07. The highest BCUT2D eigenvalue weighted by atomic mass is 16.5. The molecule has 0 spiro atoms. The maximum Gasteiger partial charge on any atom is 0.326 e. The second-order valence-corrected chi connectivity index (χ2v) is 5.50. The molecule has 114 valence electrons. The van der Waals surface area contributed by atoms with Gasteiger partial charge in [-0.05, 0) is 12.8 Å². The third-order valence-corrected chi connectivity index (χ3v) is 4.44. The number of aliphatic carboxylic acids is 1. The Bertz CT molecular complexity index is 381. The molecular weight excluding hydrogens is 264 g/mol. The smallest absolute Gasteiger partial charge is 0.326 e. The van der Waals surface area contributed by atoms with Crippen LogP contribution in [0.3, 0.4) is 0 Å². The van der Waals surface area contributed by atoms with Gasteiger partial charge in [-0.1, -0.05) is 0 Å². The molecule has 2 saturated heterocycles. The van der Waals surface area contributed by atoms with Crippen LogP contribution in [0.15, 0.2) is 0 Å². The fourth-order valence-corrected chi connectivity index (χ4v) is 3.00. The molecule has 0 saturated carbocycles. The number of amides is 1. The number of nitrogens with two attached hydrogens (primary N) is 1. The number of carboxylic acid groups (broad SMARTS) is 1. The fourth-order valence-electron chi connectivity index (χ4n) is 3.00. The second-order valence-electron chi connectivity index (χ2n) is 5.50. The molecule has 0 aromatic carbocycles. The van der Waals surface area contributed by atoms with Crippen LogP contribution in [0.25, 0.3) is 0 Å². The van der Waals surface area contributed by atoms with E-state index in [9.17, 15) is 14.7 Å².